The van der Waals surface area contributed by atoms with Crippen LogP contribution in [0.1, 0.15) is 31.9 Å². The van der Waals surface area contributed by atoms with Crippen molar-refractivity contribution in [1.29, 1.82) is 0 Å². The van der Waals surface area contributed by atoms with E-state index in [1.807, 2.05) is 17.5 Å². The van der Waals surface area contributed by atoms with E-state index < -0.39 is 0 Å². The van der Waals surface area contributed by atoms with Crippen LogP contribution >= 0.6 is 11.3 Å². The molecule has 0 aliphatic rings. The fourth-order valence-corrected chi connectivity index (χ4v) is 5.70. The minimum atomic E-state index is 0.248. The molecule has 0 aliphatic heterocycles. The molecule has 2 heterocycles. The molecule has 0 N–H and O–H groups in total. The van der Waals surface area contributed by atoms with Gasteiger partial charge in [-0.1, -0.05) is 87.5 Å². The second-order valence-corrected chi connectivity index (χ2v) is 10.6. The highest BCUT2D eigenvalue weighted by Gasteiger charge is 2.17. The number of nitrogens with zero attached hydrogens (tertiary/aromatic N) is 1. The van der Waals surface area contributed by atoms with Gasteiger partial charge >= 0.3 is 0 Å². The van der Waals surface area contributed by atoms with Crippen LogP contribution in [-0.4, -0.2) is 4.98 Å². The molecule has 0 atom stereocenters. The van der Waals surface area contributed by atoms with E-state index in [0.29, 0.717) is 0 Å². The first-order valence-corrected chi connectivity index (χ1v) is 11.7. The van der Waals surface area contributed by atoms with Gasteiger partial charge in [0.1, 0.15) is 0 Å². The Morgan fingerprint density at radius 3 is 2.10 bits per heavy atom. The average Bonchev–Trinajstić information content (AvgIpc) is 3.14. The molecule has 0 unspecified atom stereocenters. The molecule has 5 aromatic rings. The molecule has 2 heteroatoms. The standard InChI is InChI=1S/C29H27NS/c1-19-18-30-26(16-21(19)17-29(2,3)4)25-15-9-14-24-23-13-8-12-22(27(23)31-28(24)25)20-10-6-5-7-11-20/h5-16,18H,17H2,1-4H3. The number of benzene rings is 3. The lowest BCUT2D eigenvalue weighted by Crippen LogP contribution is -2.10. The number of pyridine rings is 1. The molecule has 0 amide bonds. The minimum absolute atomic E-state index is 0.248. The molecule has 2 aromatic heterocycles. The van der Waals surface area contributed by atoms with E-state index in [-0.39, 0.29) is 5.41 Å². The van der Waals surface area contributed by atoms with Crippen LogP contribution in [0, 0.1) is 12.3 Å². The molecule has 154 valence electrons. The van der Waals surface area contributed by atoms with Gasteiger partial charge in [0.15, 0.2) is 0 Å². The fourth-order valence-electron chi connectivity index (χ4n) is 4.34. The lowest BCUT2D eigenvalue weighted by atomic mass is 9.86. The fraction of sp³-hybridized carbons (Fsp3) is 0.207. The summed E-state index contributed by atoms with van der Waals surface area (Å²) in [5.41, 5.74) is 7.78. The zero-order valence-corrected chi connectivity index (χ0v) is 19.4. The molecule has 0 fully saturated rings. The zero-order valence-electron chi connectivity index (χ0n) is 18.6. The van der Waals surface area contributed by atoms with Crippen molar-refractivity contribution in [2.24, 2.45) is 5.41 Å². The summed E-state index contributed by atoms with van der Waals surface area (Å²) < 4.78 is 2.66. The lowest BCUT2D eigenvalue weighted by Gasteiger charge is -2.20. The molecule has 5 rings (SSSR count). The maximum atomic E-state index is 4.85. The van der Waals surface area contributed by atoms with Crippen molar-refractivity contribution < 1.29 is 0 Å². The highest BCUT2D eigenvalue weighted by Crippen LogP contribution is 2.43. The van der Waals surface area contributed by atoms with Crippen molar-refractivity contribution in [2.45, 2.75) is 34.1 Å². The van der Waals surface area contributed by atoms with E-state index >= 15 is 0 Å². The first-order chi connectivity index (χ1) is 14.9. The van der Waals surface area contributed by atoms with Crippen LogP contribution < -0.4 is 0 Å². The number of thiophene rings is 1. The molecular weight excluding hydrogens is 394 g/mol. The van der Waals surface area contributed by atoms with Crippen LogP contribution in [0.15, 0.2) is 79.0 Å². The maximum absolute atomic E-state index is 4.85. The second-order valence-electron chi connectivity index (χ2n) is 9.57. The Hall–Kier alpha value is -2.97. The van der Waals surface area contributed by atoms with Crippen molar-refractivity contribution in [3.63, 3.8) is 0 Å². The molecule has 0 aliphatic carbocycles. The molecule has 0 saturated heterocycles. The Bertz CT molecular complexity index is 1390. The number of aryl methyl sites for hydroxylation is 1. The van der Waals surface area contributed by atoms with Gasteiger partial charge in [-0.2, -0.15) is 0 Å². The first-order valence-electron chi connectivity index (χ1n) is 10.9. The van der Waals surface area contributed by atoms with Gasteiger partial charge in [-0.15, -0.1) is 11.3 Å². The summed E-state index contributed by atoms with van der Waals surface area (Å²) in [7, 11) is 0. The Morgan fingerprint density at radius 1 is 0.774 bits per heavy atom. The highest BCUT2D eigenvalue weighted by molar-refractivity contribution is 7.26. The maximum Gasteiger partial charge on any atom is 0.0719 e. The summed E-state index contributed by atoms with van der Waals surface area (Å²) >= 11 is 1.89. The van der Waals surface area contributed by atoms with Crippen LogP contribution in [0.3, 0.4) is 0 Å². The molecule has 31 heavy (non-hydrogen) atoms. The van der Waals surface area contributed by atoms with Gasteiger partial charge < -0.3 is 0 Å². The largest absolute Gasteiger partial charge is 0.256 e. The summed E-state index contributed by atoms with van der Waals surface area (Å²) in [5, 5.41) is 2.64. The van der Waals surface area contributed by atoms with E-state index in [0.717, 1.165) is 12.1 Å². The van der Waals surface area contributed by atoms with E-state index in [1.54, 1.807) is 0 Å². The number of rotatable bonds is 3. The molecule has 0 saturated carbocycles. The summed E-state index contributed by atoms with van der Waals surface area (Å²) in [6, 6.07) is 26.3. The number of hydrogen-bond donors (Lipinski definition) is 0. The third kappa shape index (κ3) is 3.77. The van der Waals surface area contributed by atoms with Crippen LogP contribution in [0.2, 0.25) is 0 Å². The van der Waals surface area contributed by atoms with Gasteiger partial charge in [-0.05, 0) is 47.1 Å². The summed E-state index contributed by atoms with van der Waals surface area (Å²) in [5.74, 6) is 0. The number of fused-ring (bicyclic) bond motifs is 3. The highest BCUT2D eigenvalue weighted by atomic mass is 32.1. The van der Waals surface area contributed by atoms with Crippen LogP contribution in [0.5, 0.6) is 0 Å². The van der Waals surface area contributed by atoms with Crippen molar-refractivity contribution >= 4 is 31.5 Å². The summed E-state index contributed by atoms with van der Waals surface area (Å²) in [6.45, 7) is 9.06. The van der Waals surface area contributed by atoms with Gasteiger partial charge in [0, 0.05) is 31.9 Å². The predicted molar refractivity (Wildman–Crippen MR) is 136 cm³/mol. The first kappa shape index (κ1) is 20.0. The number of hydrogen-bond acceptors (Lipinski definition) is 2. The number of aromatic nitrogens is 1. The molecule has 3 aromatic carbocycles. The third-order valence-electron chi connectivity index (χ3n) is 5.82. The van der Waals surface area contributed by atoms with E-state index in [2.05, 4.69) is 100 Å². The van der Waals surface area contributed by atoms with Crippen LogP contribution in [0.25, 0.3) is 42.6 Å². The summed E-state index contributed by atoms with van der Waals surface area (Å²) in [4.78, 5) is 4.85. The van der Waals surface area contributed by atoms with Crippen molar-refractivity contribution in [3.05, 3.63) is 90.1 Å². The van der Waals surface area contributed by atoms with E-state index in [1.165, 1.54) is 48.0 Å². The van der Waals surface area contributed by atoms with Crippen LogP contribution in [-0.2, 0) is 6.42 Å². The quantitative estimate of drug-likeness (QED) is 0.284. The molecule has 1 nitrogen and oxygen atoms in total. The molecular formula is C29H27NS. The lowest BCUT2D eigenvalue weighted by molar-refractivity contribution is 0.410. The topological polar surface area (TPSA) is 12.9 Å². The van der Waals surface area contributed by atoms with Gasteiger partial charge in [0.25, 0.3) is 0 Å². The van der Waals surface area contributed by atoms with Crippen molar-refractivity contribution in [2.75, 3.05) is 0 Å². The third-order valence-corrected chi connectivity index (χ3v) is 7.11. The van der Waals surface area contributed by atoms with Gasteiger partial charge in [-0.25, -0.2) is 0 Å². The Labute approximate surface area is 188 Å². The normalized spacial score (nSPS) is 12.0. The Kier molecular flexibility index (Phi) is 4.91. The Balaban J connectivity index is 1.72. The van der Waals surface area contributed by atoms with Gasteiger partial charge in [0.2, 0.25) is 0 Å². The van der Waals surface area contributed by atoms with Gasteiger partial charge in [0.05, 0.1) is 5.69 Å². The average molecular weight is 422 g/mol. The molecule has 0 spiro atoms. The molecule has 0 radical (unpaired) electrons. The second kappa shape index (κ2) is 7.62. The van der Waals surface area contributed by atoms with Crippen LogP contribution in [0.4, 0.5) is 0 Å². The van der Waals surface area contributed by atoms with Crippen molar-refractivity contribution in [1.82, 2.24) is 4.98 Å². The monoisotopic (exact) mass is 421 g/mol. The minimum Gasteiger partial charge on any atom is -0.256 e. The Morgan fingerprint density at radius 2 is 1.42 bits per heavy atom. The molecule has 0 bridgehead atoms. The zero-order chi connectivity index (χ0) is 21.6. The van der Waals surface area contributed by atoms with E-state index in [9.17, 15) is 0 Å². The summed E-state index contributed by atoms with van der Waals surface area (Å²) in [6.07, 6.45) is 3.09. The van der Waals surface area contributed by atoms with Crippen molar-refractivity contribution in [3.8, 4) is 22.4 Å². The SMILES string of the molecule is Cc1cnc(-c2cccc3c2sc2c(-c4ccccc4)cccc23)cc1CC(C)(C)C. The smallest absolute Gasteiger partial charge is 0.0719 e. The van der Waals surface area contributed by atoms with E-state index in [4.69, 9.17) is 4.98 Å². The van der Waals surface area contributed by atoms with Gasteiger partial charge in [-0.3, -0.25) is 4.98 Å². The predicted octanol–water partition coefficient (Wildman–Crippen LogP) is 8.68.